The van der Waals surface area contributed by atoms with Crippen molar-refractivity contribution in [2.45, 2.75) is 26.4 Å². The van der Waals surface area contributed by atoms with Gasteiger partial charge >= 0.3 is 0 Å². The van der Waals surface area contributed by atoms with Crippen LogP contribution in [-0.2, 0) is 6.54 Å². The maximum Gasteiger partial charge on any atom is 0.283 e. The molecular weight excluding hydrogens is 340 g/mol. The molecule has 1 unspecified atom stereocenters. The average molecular weight is 355 g/mol. The zero-order chi connectivity index (χ0) is 14.7. The van der Waals surface area contributed by atoms with E-state index in [-0.39, 0.29) is 11.6 Å². The third-order valence-electron chi connectivity index (χ3n) is 2.67. The Morgan fingerprint density at radius 2 is 2.40 bits per heavy atom. The Morgan fingerprint density at radius 3 is 3.00 bits per heavy atom. The fourth-order valence-electron chi connectivity index (χ4n) is 1.68. The first-order chi connectivity index (χ1) is 9.52. The van der Waals surface area contributed by atoms with E-state index >= 15 is 0 Å². The molecule has 0 aliphatic heterocycles. The zero-order valence-electron chi connectivity index (χ0n) is 11.3. The van der Waals surface area contributed by atoms with Gasteiger partial charge in [0, 0.05) is 11.1 Å². The monoisotopic (exact) mass is 354 g/mol. The number of nitrogens with zero attached hydrogens (tertiary/aromatic N) is 3. The molecule has 5 nitrogen and oxygen atoms in total. The molecule has 0 bridgehead atoms. The third-order valence-corrected chi connectivity index (χ3v) is 4.58. The Kier molecular flexibility index (Phi) is 4.72. The normalized spacial score (nSPS) is 12.2. The molecule has 0 amide bonds. The quantitative estimate of drug-likeness (QED) is 0.838. The van der Waals surface area contributed by atoms with Gasteiger partial charge in [-0.25, -0.2) is 9.67 Å². The summed E-state index contributed by atoms with van der Waals surface area (Å²) in [6, 6.07) is 0.0152. The van der Waals surface area contributed by atoms with Crippen molar-refractivity contribution in [3.63, 3.8) is 0 Å². The number of nitrogens with one attached hydrogen (secondary N) is 1. The van der Waals surface area contributed by atoms with Gasteiger partial charge in [0.25, 0.3) is 5.56 Å². The van der Waals surface area contributed by atoms with Crippen LogP contribution in [0.25, 0.3) is 0 Å². The van der Waals surface area contributed by atoms with E-state index in [4.69, 9.17) is 0 Å². The van der Waals surface area contributed by atoms with Crippen LogP contribution in [0.1, 0.15) is 23.7 Å². The van der Waals surface area contributed by atoms with Crippen molar-refractivity contribution in [3.8, 4) is 0 Å². The van der Waals surface area contributed by atoms with Crippen molar-refractivity contribution in [1.29, 1.82) is 0 Å². The Labute approximate surface area is 129 Å². The largest absolute Gasteiger partial charge is 0.374 e. The summed E-state index contributed by atoms with van der Waals surface area (Å²) in [5, 5.41) is 10.3. The first-order valence-corrected chi connectivity index (χ1v) is 7.75. The van der Waals surface area contributed by atoms with E-state index in [2.05, 4.69) is 37.9 Å². The summed E-state index contributed by atoms with van der Waals surface area (Å²) in [7, 11) is 0. The number of anilines is 1. The lowest BCUT2D eigenvalue weighted by molar-refractivity contribution is 0.647. The van der Waals surface area contributed by atoms with Gasteiger partial charge in [0.15, 0.2) is 0 Å². The van der Waals surface area contributed by atoms with E-state index in [1.807, 2.05) is 19.2 Å². The molecule has 0 spiro atoms. The van der Waals surface area contributed by atoms with Crippen LogP contribution in [0.3, 0.4) is 0 Å². The molecule has 2 rings (SSSR count). The number of allylic oxidation sites excluding steroid dienone is 1. The molecule has 1 N–H and O–H groups in total. The van der Waals surface area contributed by atoms with Crippen LogP contribution in [0, 0.1) is 6.92 Å². The molecule has 0 saturated heterocycles. The summed E-state index contributed by atoms with van der Waals surface area (Å²) in [5.41, 5.74) is 1.48. The molecule has 106 valence electrons. The molecule has 2 aromatic heterocycles. The van der Waals surface area contributed by atoms with E-state index in [0.717, 1.165) is 10.7 Å². The van der Waals surface area contributed by atoms with Gasteiger partial charge in [-0.3, -0.25) is 4.79 Å². The van der Waals surface area contributed by atoms with Crippen LogP contribution >= 0.6 is 27.3 Å². The van der Waals surface area contributed by atoms with Crippen molar-refractivity contribution in [1.82, 2.24) is 14.8 Å². The number of aryl methyl sites for hydroxylation is 1. The number of hydrogen-bond acceptors (Lipinski definition) is 5. The number of aromatic nitrogens is 3. The van der Waals surface area contributed by atoms with E-state index in [9.17, 15) is 4.79 Å². The molecule has 7 heteroatoms. The highest BCUT2D eigenvalue weighted by atomic mass is 79.9. The summed E-state index contributed by atoms with van der Waals surface area (Å²) in [6.45, 7) is 7.95. The lowest BCUT2D eigenvalue weighted by atomic mass is 10.3. The molecule has 0 aliphatic carbocycles. The number of halogens is 1. The minimum atomic E-state index is -0.183. The first kappa shape index (κ1) is 14.9. The molecule has 0 radical (unpaired) electrons. The first-order valence-electron chi connectivity index (χ1n) is 6.08. The molecular formula is C13H15BrN4OS. The van der Waals surface area contributed by atoms with Gasteiger partial charge in [-0.2, -0.15) is 5.10 Å². The molecule has 0 saturated carbocycles. The minimum absolute atomic E-state index is 0.0152. The standard InChI is InChI=1S/C13H15BrN4OS/c1-4-5-18-13(19)11(14)10(6-15-18)17-9(3)12-16-8(2)7-20-12/h4,6-7,9,17H,1,5H2,2-3H3. The van der Waals surface area contributed by atoms with Gasteiger partial charge in [-0.05, 0) is 29.8 Å². The predicted molar refractivity (Wildman–Crippen MR) is 85.3 cm³/mol. The van der Waals surface area contributed by atoms with Gasteiger partial charge in [-0.15, -0.1) is 17.9 Å². The number of rotatable bonds is 5. The van der Waals surface area contributed by atoms with Crippen molar-refractivity contribution >= 4 is 33.0 Å². The summed E-state index contributed by atoms with van der Waals surface area (Å²) in [6.07, 6.45) is 3.26. The third kappa shape index (κ3) is 3.16. The molecule has 0 aliphatic rings. The molecule has 1 atom stereocenters. The topological polar surface area (TPSA) is 59.8 Å². The number of thiazole rings is 1. The summed E-state index contributed by atoms with van der Waals surface area (Å²) < 4.78 is 1.81. The van der Waals surface area contributed by atoms with E-state index in [1.165, 1.54) is 4.68 Å². The van der Waals surface area contributed by atoms with E-state index < -0.39 is 0 Å². The van der Waals surface area contributed by atoms with Crippen molar-refractivity contribution in [3.05, 3.63) is 49.8 Å². The summed E-state index contributed by atoms with van der Waals surface area (Å²) in [4.78, 5) is 16.5. The van der Waals surface area contributed by atoms with Crippen molar-refractivity contribution in [2.24, 2.45) is 0 Å². The molecule has 0 aromatic carbocycles. The lowest BCUT2D eigenvalue weighted by Crippen LogP contribution is -2.24. The Hall–Kier alpha value is -1.47. The van der Waals surface area contributed by atoms with Crippen LogP contribution in [0.2, 0.25) is 0 Å². The summed E-state index contributed by atoms with van der Waals surface area (Å²) >= 11 is 4.91. The fraction of sp³-hybridized carbons (Fsp3) is 0.308. The van der Waals surface area contributed by atoms with Gasteiger partial charge in [0.05, 0.1) is 24.5 Å². The highest BCUT2D eigenvalue weighted by Gasteiger charge is 2.13. The molecule has 2 heterocycles. The highest BCUT2D eigenvalue weighted by Crippen LogP contribution is 2.25. The van der Waals surface area contributed by atoms with Gasteiger partial charge in [0.2, 0.25) is 0 Å². The second-order valence-electron chi connectivity index (χ2n) is 4.34. The zero-order valence-corrected chi connectivity index (χ0v) is 13.7. The average Bonchev–Trinajstić information content (AvgIpc) is 2.85. The molecule has 2 aromatic rings. The van der Waals surface area contributed by atoms with Gasteiger partial charge in [0.1, 0.15) is 9.48 Å². The van der Waals surface area contributed by atoms with Crippen LogP contribution in [-0.4, -0.2) is 14.8 Å². The second kappa shape index (κ2) is 6.32. The van der Waals surface area contributed by atoms with Gasteiger partial charge < -0.3 is 5.32 Å². The highest BCUT2D eigenvalue weighted by molar-refractivity contribution is 9.10. The molecule has 0 fully saturated rings. The van der Waals surface area contributed by atoms with E-state index in [1.54, 1.807) is 23.6 Å². The Balaban J connectivity index is 2.24. The fourth-order valence-corrected chi connectivity index (χ4v) is 2.91. The number of hydrogen-bond donors (Lipinski definition) is 1. The maximum atomic E-state index is 12.1. The van der Waals surface area contributed by atoms with E-state index in [0.29, 0.717) is 16.7 Å². The summed E-state index contributed by atoms with van der Waals surface area (Å²) in [5.74, 6) is 0. The van der Waals surface area contributed by atoms with Crippen LogP contribution in [0.5, 0.6) is 0 Å². The smallest absolute Gasteiger partial charge is 0.283 e. The van der Waals surface area contributed by atoms with Crippen LogP contribution in [0.4, 0.5) is 5.69 Å². The minimum Gasteiger partial charge on any atom is -0.374 e. The van der Waals surface area contributed by atoms with Gasteiger partial charge in [-0.1, -0.05) is 6.08 Å². The lowest BCUT2D eigenvalue weighted by Gasteiger charge is -2.14. The van der Waals surface area contributed by atoms with Crippen molar-refractivity contribution < 1.29 is 0 Å². The SMILES string of the molecule is C=CCn1ncc(NC(C)c2nc(C)cs2)c(Br)c1=O. The second-order valence-corrected chi connectivity index (χ2v) is 6.02. The van der Waals surface area contributed by atoms with Crippen LogP contribution in [0.15, 0.2) is 33.5 Å². The van der Waals surface area contributed by atoms with Crippen LogP contribution < -0.4 is 10.9 Å². The maximum absolute atomic E-state index is 12.1. The predicted octanol–water partition coefficient (Wildman–Crippen LogP) is 3.13. The Morgan fingerprint density at radius 1 is 1.65 bits per heavy atom. The molecule has 20 heavy (non-hydrogen) atoms. The van der Waals surface area contributed by atoms with Crippen molar-refractivity contribution in [2.75, 3.05) is 5.32 Å². The Bertz CT molecular complexity index is 679.